The van der Waals surface area contributed by atoms with Crippen LogP contribution in [0.3, 0.4) is 0 Å². The van der Waals surface area contributed by atoms with Crippen molar-refractivity contribution in [1.29, 1.82) is 0 Å². The van der Waals surface area contributed by atoms with Crippen molar-refractivity contribution in [2.75, 3.05) is 0 Å². The highest BCUT2D eigenvalue weighted by Crippen LogP contribution is 2.13. The standard InChI is InChI=1S/C10H8F2N3O/c11-10(15-7-14(12)6-13-15)9(16)8-4-2-1-3-5-8/h1-7,10H/q+1/t10-/m0/s1. The zero-order chi connectivity index (χ0) is 11.5. The first-order valence-electron chi connectivity index (χ1n) is 4.53. The first-order valence-corrected chi connectivity index (χ1v) is 4.53. The summed E-state index contributed by atoms with van der Waals surface area (Å²) in [5.74, 6) is -0.760. The van der Waals surface area contributed by atoms with Crippen LogP contribution in [-0.4, -0.2) is 15.6 Å². The van der Waals surface area contributed by atoms with Gasteiger partial charge in [0.25, 0.3) is 12.7 Å². The quantitative estimate of drug-likeness (QED) is 0.736. The van der Waals surface area contributed by atoms with Gasteiger partial charge in [-0.15, -0.1) is 0 Å². The third-order valence-corrected chi connectivity index (χ3v) is 2.03. The van der Waals surface area contributed by atoms with Crippen LogP contribution in [0.5, 0.6) is 0 Å². The molecule has 4 nitrogen and oxygen atoms in total. The van der Waals surface area contributed by atoms with Crippen molar-refractivity contribution in [2.45, 2.75) is 6.30 Å². The van der Waals surface area contributed by atoms with Crippen molar-refractivity contribution in [1.82, 2.24) is 9.78 Å². The zero-order valence-electron chi connectivity index (χ0n) is 8.12. The Morgan fingerprint density at radius 2 is 2.06 bits per heavy atom. The molecule has 0 spiro atoms. The number of hydrogen-bond acceptors (Lipinski definition) is 2. The van der Waals surface area contributed by atoms with E-state index in [1.54, 1.807) is 18.2 Å². The predicted octanol–water partition coefficient (Wildman–Crippen LogP) is 1.25. The average Bonchev–Trinajstić information content (AvgIpc) is 2.75. The summed E-state index contributed by atoms with van der Waals surface area (Å²) in [5.41, 5.74) is 0.218. The van der Waals surface area contributed by atoms with E-state index in [1.165, 1.54) is 12.1 Å². The number of hydrogen-bond donors (Lipinski definition) is 0. The molecule has 6 heteroatoms. The molecule has 1 heterocycles. The molecule has 0 fully saturated rings. The monoisotopic (exact) mass is 224 g/mol. The second kappa shape index (κ2) is 4.18. The van der Waals surface area contributed by atoms with Crippen molar-refractivity contribution in [2.24, 2.45) is 0 Å². The number of Topliss-reactive ketones (excluding diaryl/α,β-unsaturated/α-hetero) is 1. The number of carbonyl (C=O) groups is 1. The average molecular weight is 224 g/mol. The van der Waals surface area contributed by atoms with Gasteiger partial charge in [-0.1, -0.05) is 35.0 Å². The number of rotatable bonds is 3. The maximum atomic E-state index is 13.6. The summed E-state index contributed by atoms with van der Waals surface area (Å²) >= 11 is 0. The van der Waals surface area contributed by atoms with Gasteiger partial charge in [0.05, 0.1) is 0 Å². The molecule has 2 rings (SSSR count). The second-order valence-electron chi connectivity index (χ2n) is 3.14. The number of benzene rings is 1. The molecule has 16 heavy (non-hydrogen) atoms. The SMILES string of the molecule is O=C(c1ccccc1)[C@@H](F)n1c[n+](F)cn1. The number of halogens is 2. The van der Waals surface area contributed by atoms with Crippen LogP contribution < -0.4 is 4.79 Å². The van der Waals surface area contributed by atoms with E-state index in [2.05, 4.69) is 5.10 Å². The lowest BCUT2D eigenvalue weighted by Gasteiger charge is -2.01. The minimum absolute atomic E-state index is 0.0743. The van der Waals surface area contributed by atoms with Gasteiger partial charge in [0.15, 0.2) is 0 Å². The van der Waals surface area contributed by atoms with Crippen molar-refractivity contribution in [3.8, 4) is 0 Å². The predicted molar refractivity (Wildman–Crippen MR) is 49.8 cm³/mol. The van der Waals surface area contributed by atoms with Gasteiger partial charge in [-0.05, 0) is 9.27 Å². The van der Waals surface area contributed by atoms with Gasteiger partial charge in [0.2, 0.25) is 5.78 Å². The van der Waals surface area contributed by atoms with Gasteiger partial charge in [-0.2, -0.15) is 4.39 Å². The Bertz CT molecular complexity index is 498. The number of alkyl halides is 1. The summed E-state index contributed by atoms with van der Waals surface area (Å²) < 4.78 is 26.7. The second-order valence-corrected chi connectivity index (χ2v) is 3.14. The smallest absolute Gasteiger partial charge is 0.287 e. The van der Waals surface area contributed by atoms with Crippen LogP contribution in [0.2, 0.25) is 0 Å². The van der Waals surface area contributed by atoms with E-state index >= 15 is 0 Å². The fourth-order valence-corrected chi connectivity index (χ4v) is 1.26. The Hall–Kier alpha value is -2.11. The van der Waals surface area contributed by atoms with E-state index in [-0.39, 0.29) is 10.4 Å². The maximum absolute atomic E-state index is 13.6. The van der Waals surface area contributed by atoms with Crippen LogP contribution in [0.1, 0.15) is 16.7 Å². The Morgan fingerprint density at radius 3 is 2.62 bits per heavy atom. The van der Waals surface area contributed by atoms with E-state index < -0.39 is 12.1 Å². The first-order chi connectivity index (χ1) is 7.68. The van der Waals surface area contributed by atoms with Gasteiger partial charge >= 0.3 is 6.30 Å². The molecular formula is C10H8F2N3O+. The molecule has 0 aliphatic carbocycles. The van der Waals surface area contributed by atoms with Crippen LogP contribution in [0.25, 0.3) is 0 Å². The molecule has 0 saturated heterocycles. The van der Waals surface area contributed by atoms with Gasteiger partial charge < -0.3 is 0 Å². The minimum Gasteiger partial charge on any atom is -0.287 e. The maximum Gasteiger partial charge on any atom is 0.313 e. The van der Waals surface area contributed by atoms with Crippen LogP contribution in [0, 0.1) is 0 Å². The van der Waals surface area contributed by atoms with E-state index in [4.69, 9.17) is 0 Å². The highest BCUT2D eigenvalue weighted by atomic mass is 19.2. The zero-order valence-corrected chi connectivity index (χ0v) is 8.12. The Kier molecular flexibility index (Phi) is 2.72. The lowest BCUT2D eigenvalue weighted by Crippen LogP contribution is -2.20. The lowest BCUT2D eigenvalue weighted by atomic mass is 10.1. The molecule has 0 aliphatic heterocycles. The largest absolute Gasteiger partial charge is 0.313 e. The molecule has 82 valence electrons. The summed E-state index contributed by atoms with van der Waals surface area (Å²) in [6.07, 6.45) is -0.490. The third kappa shape index (κ3) is 1.95. The fourth-order valence-electron chi connectivity index (χ4n) is 1.26. The highest BCUT2D eigenvalue weighted by molar-refractivity contribution is 5.97. The Morgan fingerprint density at radius 1 is 1.38 bits per heavy atom. The molecular weight excluding hydrogens is 216 g/mol. The van der Waals surface area contributed by atoms with Crippen molar-refractivity contribution in [3.63, 3.8) is 0 Å². The van der Waals surface area contributed by atoms with Crippen LogP contribution >= 0.6 is 0 Å². The molecule has 1 atom stereocenters. The topological polar surface area (TPSA) is 38.8 Å². The Balaban J connectivity index is 2.23. The molecule has 0 amide bonds. The molecule has 1 aromatic carbocycles. The number of aromatic nitrogens is 3. The van der Waals surface area contributed by atoms with Crippen molar-refractivity contribution < 1.29 is 18.5 Å². The van der Waals surface area contributed by atoms with E-state index in [1.807, 2.05) is 0 Å². The summed E-state index contributed by atoms with van der Waals surface area (Å²) in [7, 11) is 0. The fraction of sp³-hybridized carbons (Fsp3) is 0.100. The molecule has 0 bridgehead atoms. The minimum atomic E-state index is -2.01. The third-order valence-electron chi connectivity index (χ3n) is 2.03. The van der Waals surface area contributed by atoms with Crippen LogP contribution in [0.4, 0.5) is 8.87 Å². The molecule has 2 aromatic rings. The van der Waals surface area contributed by atoms with Crippen molar-refractivity contribution in [3.05, 3.63) is 48.5 Å². The number of ketones is 1. The van der Waals surface area contributed by atoms with Gasteiger partial charge in [-0.25, -0.2) is 0 Å². The molecule has 0 aliphatic rings. The molecule has 1 aromatic heterocycles. The van der Waals surface area contributed by atoms with Crippen LogP contribution in [0.15, 0.2) is 43.0 Å². The van der Waals surface area contributed by atoms with E-state index in [0.29, 0.717) is 4.68 Å². The van der Waals surface area contributed by atoms with Gasteiger partial charge in [0, 0.05) is 10.7 Å². The van der Waals surface area contributed by atoms with Gasteiger partial charge in [-0.3, -0.25) is 4.79 Å². The van der Waals surface area contributed by atoms with E-state index in [9.17, 15) is 13.7 Å². The number of nitrogens with zero attached hydrogens (tertiary/aromatic N) is 3. The van der Waals surface area contributed by atoms with E-state index in [0.717, 1.165) is 12.7 Å². The summed E-state index contributed by atoms with van der Waals surface area (Å²) in [4.78, 5) is 11.7. The summed E-state index contributed by atoms with van der Waals surface area (Å²) in [6.45, 7) is 0. The molecule has 0 saturated carbocycles. The Labute approximate surface area is 89.7 Å². The van der Waals surface area contributed by atoms with Crippen molar-refractivity contribution >= 4 is 5.78 Å². The number of carbonyl (C=O) groups excluding carboxylic acids is 1. The molecule has 0 unspecified atom stereocenters. The van der Waals surface area contributed by atoms with Gasteiger partial charge in [0.1, 0.15) is 0 Å². The normalized spacial score (nSPS) is 12.4. The summed E-state index contributed by atoms with van der Waals surface area (Å²) in [5, 5.41) is 3.37. The van der Waals surface area contributed by atoms with Crippen LogP contribution in [-0.2, 0) is 0 Å². The highest BCUT2D eigenvalue weighted by Gasteiger charge is 2.27. The molecule has 0 radical (unpaired) electrons. The molecule has 0 N–H and O–H groups in total. The summed E-state index contributed by atoms with van der Waals surface area (Å²) in [6, 6.07) is 7.94. The lowest BCUT2D eigenvalue weighted by molar-refractivity contribution is -0.844. The first kappa shape index (κ1) is 10.4.